The number of piperidine rings is 1. The molecule has 1 aromatic heterocycles. The van der Waals surface area contributed by atoms with Crippen molar-refractivity contribution >= 4 is 34.4 Å². The minimum atomic E-state index is -1.01. The lowest BCUT2D eigenvalue weighted by Gasteiger charge is -2.31. The van der Waals surface area contributed by atoms with E-state index in [1.807, 2.05) is 11.0 Å². The summed E-state index contributed by atoms with van der Waals surface area (Å²) in [6.07, 6.45) is 2.70. The lowest BCUT2D eigenvalue weighted by atomic mass is 9.95. The molecule has 2 aromatic carbocycles. The molecule has 1 atom stereocenters. The van der Waals surface area contributed by atoms with Gasteiger partial charge in [0.25, 0.3) is 0 Å². The molecule has 0 aliphatic carbocycles. The van der Waals surface area contributed by atoms with Crippen LogP contribution >= 0.6 is 0 Å². The van der Waals surface area contributed by atoms with Crippen molar-refractivity contribution in [3.05, 3.63) is 66.1 Å². The predicted molar refractivity (Wildman–Crippen MR) is 135 cm³/mol. The lowest BCUT2D eigenvalue weighted by Crippen LogP contribution is -2.45. The highest BCUT2D eigenvalue weighted by atomic mass is 19.1. The summed E-state index contributed by atoms with van der Waals surface area (Å²) in [5.41, 5.74) is 1.77. The number of fused-ring (bicyclic) bond motifs is 1. The molecule has 37 heavy (non-hydrogen) atoms. The Labute approximate surface area is 214 Å². The Bertz CT molecular complexity index is 1280. The van der Waals surface area contributed by atoms with Gasteiger partial charge in [0.2, 0.25) is 11.8 Å². The third-order valence-corrected chi connectivity index (χ3v) is 6.42. The van der Waals surface area contributed by atoms with Gasteiger partial charge in [-0.25, -0.2) is 9.18 Å². The van der Waals surface area contributed by atoms with E-state index in [0.29, 0.717) is 42.9 Å². The minimum Gasteiger partial charge on any atom is -0.497 e. The zero-order valence-electron chi connectivity index (χ0n) is 20.7. The smallest absolute Gasteiger partial charge is 0.333 e. The maximum absolute atomic E-state index is 13.1. The van der Waals surface area contributed by atoms with E-state index in [1.165, 1.54) is 31.4 Å². The van der Waals surface area contributed by atoms with Gasteiger partial charge in [0.15, 0.2) is 6.04 Å². The van der Waals surface area contributed by atoms with Gasteiger partial charge in [-0.2, -0.15) is 0 Å². The SMILES string of the molecule is COC(=O)C(NC(=O)CN1CCC(C(=O)Nc2ccc(F)cc2)CC1)c1cnc2ccc(OC)cc2c1. The van der Waals surface area contributed by atoms with Crippen molar-refractivity contribution in [3.8, 4) is 5.75 Å². The first-order valence-corrected chi connectivity index (χ1v) is 12.0. The molecular formula is C27H29FN4O5. The molecule has 1 aliphatic heterocycles. The van der Waals surface area contributed by atoms with E-state index < -0.39 is 12.0 Å². The number of aromatic nitrogens is 1. The number of halogens is 1. The molecule has 1 saturated heterocycles. The zero-order valence-corrected chi connectivity index (χ0v) is 20.7. The van der Waals surface area contributed by atoms with E-state index in [9.17, 15) is 18.8 Å². The highest BCUT2D eigenvalue weighted by Gasteiger charge is 2.28. The minimum absolute atomic E-state index is 0.0780. The largest absolute Gasteiger partial charge is 0.497 e. The molecule has 3 aromatic rings. The number of carbonyl (C=O) groups is 3. The Balaban J connectivity index is 1.34. The summed E-state index contributed by atoms with van der Waals surface area (Å²) in [5.74, 6) is -0.977. The number of likely N-dealkylation sites (tertiary alicyclic amines) is 1. The first kappa shape index (κ1) is 26.0. The van der Waals surface area contributed by atoms with Crippen molar-refractivity contribution < 1.29 is 28.2 Å². The Morgan fingerprint density at radius 2 is 1.81 bits per heavy atom. The monoisotopic (exact) mass is 508 g/mol. The number of pyridine rings is 1. The molecule has 9 nitrogen and oxygen atoms in total. The van der Waals surface area contributed by atoms with Gasteiger partial charge in [0.1, 0.15) is 11.6 Å². The molecule has 1 fully saturated rings. The van der Waals surface area contributed by atoms with Gasteiger partial charge in [0, 0.05) is 28.8 Å². The third kappa shape index (κ3) is 6.59. The molecule has 0 bridgehead atoms. The van der Waals surface area contributed by atoms with Gasteiger partial charge in [-0.05, 0) is 74.5 Å². The molecule has 1 aliphatic rings. The van der Waals surface area contributed by atoms with Gasteiger partial charge in [-0.1, -0.05) is 0 Å². The Kier molecular flexibility index (Phi) is 8.29. The van der Waals surface area contributed by atoms with Crippen LogP contribution < -0.4 is 15.4 Å². The van der Waals surface area contributed by atoms with Crippen LogP contribution in [0.5, 0.6) is 5.75 Å². The topological polar surface area (TPSA) is 110 Å². The Hall–Kier alpha value is -4.05. The van der Waals surface area contributed by atoms with Crippen LogP contribution in [-0.2, 0) is 19.1 Å². The molecule has 1 unspecified atom stereocenters. The van der Waals surface area contributed by atoms with Crippen LogP contribution in [-0.4, -0.2) is 61.5 Å². The predicted octanol–water partition coefficient (Wildman–Crippen LogP) is 3.06. The van der Waals surface area contributed by atoms with Crippen LogP contribution in [0.15, 0.2) is 54.7 Å². The number of benzene rings is 2. The number of ether oxygens (including phenoxy) is 2. The Morgan fingerprint density at radius 1 is 1.08 bits per heavy atom. The fraction of sp³-hybridized carbons (Fsp3) is 0.333. The second kappa shape index (κ2) is 11.8. The van der Waals surface area contributed by atoms with Crippen molar-refractivity contribution in [3.63, 3.8) is 0 Å². The number of hydrogen-bond acceptors (Lipinski definition) is 7. The number of methoxy groups -OCH3 is 2. The molecule has 0 radical (unpaired) electrons. The van der Waals surface area contributed by atoms with E-state index in [0.717, 1.165) is 10.9 Å². The molecule has 0 spiro atoms. The Morgan fingerprint density at radius 3 is 2.49 bits per heavy atom. The van der Waals surface area contributed by atoms with Crippen LogP contribution in [0.25, 0.3) is 10.9 Å². The maximum Gasteiger partial charge on any atom is 0.333 e. The van der Waals surface area contributed by atoms with Gasteiger partial charge < -0.3 is 20.1 Å². The molecular weight excluding hydrogens is 479 g/mol. The molecule has 2 amide bonds. The number of anilines is 1. The lowest BCUT2D eigenvalue weighted by molar-refractivity contribution is -0.145. The van der Waals surface area contributed by atoms with Gasteiger partial charge >= 0.3 is 5.97 Å². The summed E-state index contributed by atoms with van der Waals surface area (Å²) in [6.45, 7) is 1.18. The summed E-state index contributed by atoms with van der Waals surface area (Å²) in [5, 5.41) is 6.33. The van der Waals surface area contributed by atoms with Crippen LogP contribution in [0.3, 0.4) is 0 Å². The highest BCUT2D eigenvalue weighted by molar-refractivity contribution is 5.92. The molecule has 0 saturated carbocycles. The molecule has 4 rings (SSSR count). The fourth-order valence-electron chi connectivity index (χ4n) is 4.35. The number of nitrogens with one attached hydrogen (secondary N) is 2. The van der Waals surface area contributed by atoms with Crippen molar-refractivity contribution in [2.24, 2.45) is 5.92 Å². The number of nitrogens with zero attached hydrogens (tertiary/aromatic N) is 2. The molecule has 2 N–H and O–H groups in total. The zero-order chi connectivity index (χ0) is 26.4. The number of esters is 1. The maximum atomic E-state index is 13.1. The van der Waals surface area contributed by atoms with E-state index in [2.05, 4.69) is 15.6 Å². The summed E-state index contributed by atoms with van der Waals surface area (Å²) in [4.78, 5) is 44.3. The standard InChI is InChI=1S/C27H29FN4O5/c1-36-22-7-8-23-18(14-22)13-19(15-29-23)25(27(35)37-2)31-24(33)16-32-11-9-17(10-12-32)26(34)30-21-5-3-20(28)4-6-21/h3-8,13-15,17,25H,9-12,16H2,1-2H3,(H,30,34)(H,31,33). The number of hydrogen-bond donors (Lipinski definition) is 2. The van der Waals surface area contributed by atoms with Crippen LogP contribution in [0.1, 0.15) is 24.4 Å². The second-order valence-electron chi connectivity index (χ2n) is 8.90. The van der Waals surface area contributed by atoms with E-state index >= 15 is 0 Å². The average molecular weight is 509 g/mol. The van der Waals surface area contributed by atoms with Crippen LogP contribution in [0.4, 0.5) is 10.1 Å². The summed E-state index contributed by atoms with van der Waals surface area (Å²) in [6, 6.07) is 11.8. The average Bonchev–Trinajstić information content (AvgIpc) is 2.92. The molecule has 10 heteroatoms. The van der Waals surface area contributed by atoms with Crippen LogP contribution in [0.2, 0.25) is 0 Å². The normalized spacial score (nSPS) is 15.1. The van der Waals surface area contributed by atoms with E-state index in [-0.39, 0.29) is 30.1 Å². The van der Waals surface area contributed by atoms with Gasteiger partial charge in [0.05, 0.1) is 26.3 Å². The summed E-state index contributed by atoms with van der Waals surface area (Å²) in [7, 11) is 2.83. The highest BCUT2D eigenvalue weighted by Crippen LogP contribution is 2.24. The summed E-state index contributed by atoms with van der Waals surface area (Å²) >= 11 is 0. The third-order valence-electron chi connectivity index (χ3n) is 6.42. The van der Waals surface area contributed by atoms with E-state index in [4.69, 9.17) is 9.47 Å². The van der Waals surface area contributed by atoms with Crippen molar-refractivity contribution in [1.29, 1.82) is 0 Å². The number of amides is 2. The van der Waals surface area contributed by atoms with Crippen molar-refractivity contribution in [2.45, 2.75) is 18.9 Å². The quantitative estimate of drug-likeness (QED) is 0.450. The molecule has 194 valence electrons. The van der Waals surface area contributed by atoms with Crippen molar-refractivity contribution in [1.82, 2.24) is 15.2 Å². The first-order valence-electron chi connectivity index (χ1n) is 12.0. The van der Waals surface area contributed by atoms with E-state index in [1.54, 1.807) is 31.5 Å². The first-order chi connectivity index (χ1) is 17.9. The van der Waals surface area contributed by atoms with Gasteiger partial charge in [-0.3, -0.25) is 19.5 Å². The number of rotatable bonds is 8. The number of carbonyl (C=O) groups excluding carboxylic acids is 3. The second-order valence-corrected chi connectivity index (χ2v) is 8.90. The van der Waals surface area contributed by atoms with Crippen LogP contribution in [0, 0.1) is 11.7 Å². The summed E-state index contributed by atoms with van der Waals surface area (Å²) < 4.78 is 23.3. The van der Waals surface area contributed by atoms with Crippen molar-refractivity contribution in [2.75, 3.05) is 39.2 Å². The molecule has 2 heterocycles. The fourth-order valence-corrected chi connectivity index (χ4v) is 4.35. The van der Waals surface area contributed by atoms with Gasteiger partial charge in [-0.15, -0.1) is 0 Å².